The standard InChI is InChI=1S/C125H198O4/c1-99(2)50-28-52-101(5)54-30-56-103(7)58-32-60-105(9)62-34-64-107(11)66-36-68-109(13)71-39-75-113(17)79-43-83-117(21)87-47-91-121(25)96-124(126)128-95-94-120(24)90-46-86-116(20)82-42-78-112(16)74-38-70-111(15)73-41-77-115(19)81-45-85-119(23)89-49-93-123(27)98-129-125(127)97-122(26)92-48-88-118(22)84-44-80-114(18)76-40-72-110(14)69-37-67-108(12)65-35-63-106(10)61-33-59-104(8)57-31-55-102(6)53-29-51-100(3)4/h50-51,54-55,58-59,62-63,66-67,70-72,77-80,85-88,93-94,96-97H,28-49,52-53,56-57,60-61,64-65,68-69,73-76,81-84,89-92,95,98H2,1-27H3/b101-54+,102-55+,103-58+,104-59+,105-62-,106-63-,107-66-,108-67-,109-71-,110-72-,111-70-,112-78-,113-79-,114-80-,115-77+,116-86-,117-87-,118-88-,119-85+,120-94-,121-96-,122-97-,123-93+. The van der Waals surface area contributed by atoms with Crippen LogP contribution in [-0.4, -0.2) is 25.2 Å². The number of hydrogen-bond donors (Lipinski definition) is 0. The molecule has 0 unspecified atom stereocenters. The SMILES string of the molecule is CC(C)=CCC/C(C)=C/CC/C(C)=C/CC/C(C)=C\CC/C(C)=C\CC/C(C)=C\CC/C(C)=C\CC/C(C)=C\CC/C(C)=C\C(=O)OC/C=C(/C)CC/C=C(/C)CC/C=C(/C)CC/C=C(/C)CC/C=C(\C)CC/C=C(\C)CC/C=C(\C)COC(=O)/C=C(/C)CC/C=C(/C)CC/C=C(/C)CC/C=C(/C)CC/C=C(/C)CC/C=C(/C)CC/C=C(\C)CC/C=C(\C)CCC=C(C)C. The molecule has 0 rings (SSSR count). The van der Waals surface area contributed by atoms with Gasteiger partial charge in [-0.2, -0.15) is 0 Å². The Morgan fingerprint density at radius 2 is 0.256 bits per heavy atom. The fourth-order valence-electron chi connectivity index (χ4n) is 15.3. The number of esters is 2. The normalized spacial score (nSPS) is 15.0. The van der Waals surface area contributed by atoms with Crippen molar-refractivity contribution in [3.8, 4) is 0 Å². The third-order valence-corrected chi connectivity index (χ3v) is 24.6. The molecule has 0 saturated carbocycles. The van der Waals surface area contributed by atoms with Crippen LogP contribution in [0.5, 0.6) is 0 Å². The van der Waals surface area contributed by atoms with Crippen LogP contribution in [0.15, 0.2) is 291 Å². The van der Waals surface area contributed by atoms with Crippen LogP contribution in [0.2, 0.25) is 0 Å². The van der Waals surface area contributed by atoms with E-state index in [-0.39, 0.29) is 11.9 Å². The minimum atomic E-state index is -0.254. The zero-order chi connectivity index (χ0) is 96.2. The molecule has 0 aliphatic rings. The van der Waals surface area contributed by atoms with Gasteiger partial charge in [0.05, 0.1) is 0 Å². The summed E-state index contributed by atoms with van der Waals surface area (Å²) < 4.78 is 11.2. The van der Waals surface area contributed by atoms with Crippen molar-refractivity contribution in [2.75, 3.05) is 13.2 Å². The third-order valence-electron chi connectivity index (χ3n) is 24.6. The van der Waals surface area contributed by atoms with E-state index >= 15 is 0 Å². The van der Waals surface area contributed by atoms with Gasteiger partial charge in [-0.25, -0.2) is 9.59 Å². The summed E-state index contributed by atoms with van der Waals surface area (Å²) in [7, 11) is 0. The van der Waals surface area contributed by atoms with Gasteiger partial charge >= 0.3 is 11.9 Å². The molecule has 0 aliphatic heterocycles. The van der Waals surface area contributed by atoms with E-state index in [0.29, 0.717) is 13.2 Å². The van der Waals surface area contributed by atoms with Crippen LogP contribution in [0.4, 0.5) is 0 Å². The molecule has 4 heteroatoms. The minimum absolute atomic E-state index is 0.250. The van der Waals surface area contributed by atoms with Crippen LogP contribution in [0.1, 0.15) is 469 Å². The molecule has 0 aromatic rings. The summed E-state index contributed by atoms with van der Waals surface area (Å²) in [6, 6.07) is 0. The quantitative estimate of drug-likeness (QED) is 0.0346. The first-order valence-electron chi connectivity index (χ1n) is 51.2. The van der Waals surface area contributed by atoms with E-state index in [0.717, 1.165) is 274 Å². The minimum Gasteiger partial charge on any atom is -0.458 e. The van der Waals surface area contributed by atoms with Crippen molar-refractivity contribution < 1.29 is 19.1 Å². The second kappa shape index (κ2) is 80.1. The molecule has 0 atom stereocenters. The lowest BCUT2D eigenvalue weighted by molar-refractivity contribution is -0.137. The van der Waals surface area contributed by atoms with E-state index in [2.05, 4.69) is 313 Å². The van der Waals surface area contributed by atoms with Crippen molar-refractivity contribution in [2.24, 2.45) is 0 Å². The van der Waals surface area contributed by atoms with Crippen LogP contribution < -0.4 is 0 Å². The van der Waals surface area contributed by atoms with Crippen molar-refractivity contribution in [3.63, 3.8) is 0 Å². The summed E-state index contributed by atoms with van der Waals surface area (Å²) in [4.78, 5) is 25.4. The van der Waals surface area contributed by atoms with Gasteiger partial charge in [-0.15, -0.1) is 0 Å². The maximum Gasteiger partial charge on any atom is 0.331 e. The summed E-state index contributed by atoms with van der Waals surface area (Å²) in [6.45, 7) is 60.9. The number of ether oxygens (including phenoxy) is 2. The molecule has 0 radical (unpaired) electrons. The highest BCUT2D eigenvalue weighted by Gasteiger charge is 2.07. The Balaban J connectivity index is 4.43. The van der Waals surface area contributed by atoms with E-state index in [1.54, 1.807) is 12.2 Å². The smallest absolute Gasteiger partial charge is 0.331 e. The highest BCUT2D eigenvalue weighted by Crippen LogP contribution is 2.25. The van der Waals surface area contributed by atoms with Gasteiger partial charge in [0.25, 0.3) is 0 Å². The van der Waals surface area contributed by atoms with E-state index in [4.69, 9.17) is 9.47 Å². The molecule has 0 spiro atoms. The van der Waals surface area contributed by atoms with Gasteiger partial charge in [-0.1, -0.05) is 267 Å². The first-order chi connectivity index (χ1) is 61.5. The summed E-state index contributed by atoms with van der Waals surface area (Å²) in [5.41, 5.74) is 35.5. The van der Waals surface area contributed by atoms with Crippen LogP contribution in [0.3, 0.4) is 0 Å². The highest BCUT2D eigenvalue weighted by atomic mass is 16.5. The van der Waals surface area contributed by atoms with Crippen molar-refractivity contribution in [1.82, 2.24) is 0 Å². The van der Waals surface area contributed by atoms with E-state index in [1.807, 2.05) is 13.8 Å². The maximum atomic E-state index is 12.7. The summed E-state index contributed by atoms with van der Waals surface area (Å²) >= 11 is 0. The molecule has 0 fully saturated rings. The monoisotopic (exact) mass is 1760 g/mol. The molecule has 129 heavy (non-hydrogen) atoms. The Bertz CT molecular complexity index is 4030. The zero-order valence-electron chi connectivity index (χ0n) is 89.1. The Morgan fingerprint density at radius 1 is 0.140 bits per heavy atom. The lowest BCUT2D eigenvalue weighted by Gasteiger charge is -2.05. The first kappa shape index (κ1) is 121. The number of rotatable bonds is 72. The van der Waals surface area contributed by atoms with Crippen LogP contribution in [0.25, 0.3) is 0 Å². The van der Waals surface area contributed by atoms with Gasteiger partial charge in [0.2, 0.25) is 0 Å². The topological polar surface area (TPSA) is 52.6 Å². The Labute approximate surface area is 799 Å². The summed E-state index contributed by atoms with van der Waals surface area (Å²) in [5.74, 6) is -0.504. The number of carbonyl (C=O) groups excluding carboxylic acids is 2. The molecule has 0 heterocycles. The molecule has 0 amide bonds. The van der Waals surface area contributed by atoms with Gasteiger partial charge in [0, 0.05) is 12.2 Å². The van der Waals surface area contributed by atoms with Gasteiger partial charge in [0.15, 0.2) is 0 Å². The maximum absolute atomic E-state index is 12.7. The van der Waals surface area contributed by atoms with Gasteiger partial charge in [-0.05, 0) is 481 Å². The molecule has 4 nitrogen and oxygen atoms in total. The van der Waals surface area contributed by atoms with E-state index in [9.17, 15) is 9.59 Å². The molecule has 0 bridgehead atoms. The molecule has 0 N–H and O–H groups in total. The molecule has 722 valence electrons. The summed E-state index contributed by atoms with van der Waals surface area (Å²) in [5, 5.41) is 0. The fraction of sp³-hybridized carbons (Fsp3) is 0.584. The molecule has 0 saturated heterocycles. The number of carbonyl (C=O) groups is 2. The average molecular weight is 1760 g/mol. The van der Waals surface area contributed by atoms with Crippen molar-refractivity contribution in [3.05, 3.63) is 291 Å². The third kappa shape index (κ3) is 82.1. The highest BCUT2D eigenvalue weighted by molar-refractivity contribution is 5.83. The molecule has 0 aromatic carbocycles. The zero-order valence-corrected chi connectivity index (χ0v) is 89.1. The Hall–Kier alpha value is -7.56. The molecular weight excluding hydrogens is 1570 g/mol. The van der Waals surface area contributed by atoms with Crippen LogP contribution in [-0.2, 0) is 19.1 Å². The molecule has 0 aromatic heterocycles. The average Bonchev–Trinajstić information content (AvgIpc) is 0.970. The second-order valence-electron chi connectivity index (χ2n) is 39.7. The Morgan fingerprint density at radius 3 is 0.403 bits per heavy atom. The van der Waals surface area contributed by atoms with E-state index in [1.165, 1.54) is 148 Å². The van der Waals surface area contributed by atoms with Crippen molar-refractivity contribution >= 4 is 11.9 Å². The van der Waals surface area contributed by atoms with Gasteiger partial charge < -0.3 is 9.47 Å². The van der Waals surface area contributed by atoms with Crippen LogP contribution >= 0.6 is 0 Å². The lowest BCUT2D eigenvalue weighted by Crippen LogP contribution is -2.04. The van der Waals surface area contributed by atoms with Gasteiger partial charge in [0.1, 0.15) is 13.2 Å². The lowest BCUT2D eigenvalue weighted by atomic mass is 10.0. The predicted octanol–water partition coefficient (Wildman–Crippen LogP) is 40.9. The largest absolute Gasteiger partial charge is 0.458 e. The predicted molar refractivity (Wildman–Crippen MR) is 580 cm³/mol. The Kier molecular flexibility index (Phi) is 75.4. The molecule has 0 aliphatic carbocycles. The van der Waals surface area contributed by atoms with Gasteiger partial charge in [-0.3, -0.25) is 0 Å². The molecular formula is C125H198O4. The van der Waals surface area contributed by atoms with Crippen LogP contribution in [0, 0.1) is 0 Å². The second-order valence-corrected chi connectivity index (χ2v) is 39.7. The van der Waals surface area contributed by atoms with Crippen molar-refractivity contribution in [2.45, 2.75) is 469 Å². The number of hydrogen-bond acceptors (Lipinski definition) is 4. The van der Waals surface area contributed by atoms with E-state index < -0.39 is 0 Å². The fourth-order valence-corrected chi connectivity index (χ4v) is 15.3. The summed E-state index contributed by atoms with van der Waals surface area (Å²) in [6.07, 6.45) is 106. The van der Waals surface area contributed by atoms with Crippen molar-refractivity contribution in [1.29, 1.82) is 0 Å². The first-order valence-corrected chi connectivity index (χ1v) is 51.2. The number of allylic oxidation sites excluding steroid dienone is 46.